The van der Waals surface area contributed by atoms with E-state index in [9.17, 15) is 4.79 Å². The van der Waals surface area contributed by atoms with E-state index < -0.39 is 0 Å². The molecule has 1 amide bonds. The van der Waals surface area contributed by atoms with Crippen molar-refractivity contribution < 1.29 is 9.53 Å². The van der Waals surface area contributed by atoms with Crippen LogP contribution in [0.5, 0.6) is 5.75 Å². The van der Waals surface area contributed by atoms with E-state index in [0.29, 0.717) is 0 Å². The van der Waals surface area contributed by atoms with E-state index in [-0.39, 0.29) is 11.9 Å². The average molecular weight is 299 g/mol. The van der Waals surface area contributed by atoms with E-state index in [1.165, 1.54) is 0 Å². The maximum absolute atomic E-state index is 12.1. The van der Waals surface area contributed by atoms with Gasteiger partial charge in [0.05, 0.1) is 18.8 Å². The van der Waals surface area contributed by atoms with Gasteiger partial charge < -0.3 is 15.0 Å². The molecule has 4 nitrogen and oxygen atoms in total. The second kappa shape index (κ2) is 5.06. The van der Waals surface area contributed by atoms with E-state index in [0.717, 1.165) is 28.9 Å². The molecule has 0 spiro atoms. The summed E-state index contributed by atoms with van der Waals surface area (Å²) in [4.78, 5) is 13.9. The highest BCUT2D eigenvalue weighted by molar-refractivity contribution is 9.10. The first-order valence-electron chi connectivity index (χ1n) is 5.49. The number of halogens is 1. The summed E-state index contributed by atoms with van der Waals surface area (Å²) < 4.78 is 6.09. The molecule has 1 atom stereocenters. The minimum Gasteiger partial charge on any atom is -0.497 e. The van der Waals surface area contributed by atoms with Crippen LogP contribution in [0.15, 0.2) is 22.7 Å². The third-order valence-corrected chi connectivity index (χ3v) is 3.67. The summed E-state index contributed by atoms with van der Waals surface area (Å²) in [5, 5.41) is 3.02. The van der Waals surface area contributed by atoms with Crippen LogP contribution in [-0.4, -0.2) is 32.7 Å². The van der Waals surface area contributed by atoms with Crippen LogP contribution in [0.4, 0.5) is 5.69 Å². The number of likely N-dealkylation sites (N-methyl/N-ethyl adjacent to an activating group) is 1. The highest BCUT2D eigenvalue weighted by Crippen LogP contribution is 2.32. The van der Waals surface area contributed by atoms with Crippen LogP contribution < -0.4 is 15.0 Å². The lowest BCUT2D eigenvalue weighted by atomic mass is 10.2. The molecule has 2 rings (SSSR count). The van der Waals surface area contributed by atoms with E-state index in [1.54, 1.807) is 12.0 Å². The molecule has 1 fully saturated rings. The van der Waals surface area contributed by atoms with Gasteiger partial charge in [-0.15, -0.1) is 0 Å². The second-order valence-electron chi connectivity index (χ2n) is 3.94. The van der Waals surface area contributed by atoms with Crippen molar-refractivity contribution in [2.45, 2.75) is 12.5 Å². The lowest BCUT2D eigenvalue weighted by Gasteiger charge is -2.19. The second-order valence-corrected chi connectivity index (χ2v) is 4.79. The van der Waals surface area contributed by atoms with Crippen molar-refractivity contribution in [1.29, 1.82) is 0 Å². The first kappa shape index (κ1) is 12.4. The SMILES string of the molecule is CNC1CCN(c2cc(OC)ccc2Br)C1=O. The van der Waals surface area contributed by atoms with E-state index >= 15 is 0 Å². The van der Waals surface area contributed by atoms with Gasteiger partial charge in [0.1, 0.15) is 5.75 Å². The van der Waals surface area contributed by atoms with Gasteiger partial charge in [0.15, 0.2) is 0 Å². The fraction of sp³-hybridized carbons (Fsp3) is 0.417. The standard InChI is InChI=1S/C12H15BrN2O2/c1-14-10-5-6-15(12(10)16)11-7-8(17-2)3-4-9(11)13/h3-4,7,10,14H,5-6H2,1-2H3. The van der Waals surface area contributed by atoms with Crippen molar-refractivity contribution in [3.8, 4) is 5.75 Å². The molecule has 0 aromatic heterocycles. The molecular weight excluding hydrogens is 284 g/mol. The van der Waals surface area contributed by atoms with Gasteiger partial charge in [-0.3, -0.25) is 4.79 Å². The summed E-state index contributed by atoms with van der Waals surface area (Å²) in [7, 11) is 3.43. The first-order valence-corrected chi connectivity index (χ1v) is 6.29. The molecular formula is C12H15BrN2O2. The number of nitrogens with zero attached hydrogens (tertiary/aromatic N) is 1. The number of benzene rings is 1. The van der Waals surface area contributed by atoms with Crippen LogP contribution >= 0.6 is 15.9 Å². The van der Waals surface area contributed by atoms with Crippen LogP contribution in [0.25, 0.3) is 0 Å². The number of carbonyl (C=O) groups excluding carboxylic acids is 1. The van der Waals surface area contributed by atoms with E-state index in [4.69, 9.17) is 4.74 Å². The van der Waals surface area contributed by atoms with Gasteiger partial charge in [-0.2, -0.15) is 0 Å². The highest BCUT2D eigenvalue weighted by atomic mass is 79.9. The molecule has 1 aliphatic heterocycles. The molecule has 1 unspecified atom stereocenters. The number of carbonyl (C=O) groups is 1. The predicted molar refractivity (Wildman–Crippen MR) is 70.5 cm³/mol. The number of nitrogens with one attached hydrogen (secondary N) is 1. The number of hydrogen-bond donors (Lipinski definition) is 1. The predicted octanol–water partition coefficient (Wildman–Crippen LogP) is 1.78. The summed E-state index contributed by atoms with van der Waals surface area (Å²) in [5.41, 5.74) is 0.868. The molecule has 0 saturated carbocycles. The van der Waals surface area contributed by atoms with Gasteiger partial charge in [-0.05, 0) is 41.5 Å². The summed E-state index contributed by atoms with van der Waals surface area (Å²) in [5.74, 6) is 0.866. The summed E-state index contributed by atoms with van der Waals surface area (Å²) in [6, 6.07) is 5.56. The van der Waals surface area contributed by atoms with Crippen molar-refractivity contribution in [3.63, 3.8) is 0 Å². The zero-order valence-electron chi connectivity index (χ0n) is 9.87. The topological polar surface area (TPSA) is 41.6 Å². The third-order valence-electron chi connectivity index (χ3n) is 3.00. The molecule has 0 radical (unpaired) electrons. The van der Waals surface area contributed by atoms with E-state index in [2.05, 4.69) is 21.2 Å². The summed E-state index contributed by atoms with van der Waals surface area (Å²) >= 11 is 3.47. The van der Waals surface area contributed by atoms with Crippen LogP contribution in [0.2, 0.25) is 0 Å². The van der Waals surface area contributed by atoms with Gasteiger partial charge in [0, 0.05) is 17.1 Å². The molecule has 1 aliphatic rings. The highest BCUT2D eigenvalue weighted by Gasteiger charge is 2.32. The largest absolute Gasteiger partial charge is 0.497 e. The zero-order chi connectivity index (χ0) is 12.4. The van der Waals surface area contributed by atoms with Gasteiger partial charge >= 0.3 is 0 Å². The Hall–Kier alpha value is -1.07. The van der Waals surface area contributed by atoms with Gasteiger partial charge in [0.2, 0.25) is 5.91 Å². The summed E-state index contributed by atoms with van der Waals surface area (Å²) in [6.07, 6.45) is 0.832. The Morgan fingerprint density at radius 3 is 2.88 bits per heavy atom. The van der Waals surface area contributed by atoms with Crippen molar-refractivity contribution in [1.82, 2.24) is 5.32 Å². The number of hydrogen-bond acceptors (Lipinski definition) is 3. The summed E-state index contributed by atoms with van der Waals surface area (Å²) in [6.45, 7) is 0.732. The van der Waals surface area contributed by atoms with Crippen molar-refractivity contribution in [2.24, 2.45) is 0 Å². The fourth-order valence-corrected chi connectivity index (χ4v) is 2.47. The fourth-order valence-electron chi connectivity index (χ4n) is 2.01. The Bertz CT molecular complexity index is 437. The maximum Gasteiger partial charge on any atom is 0.244 e. The molecule has 1 aromatic rings. The maximum atomic E-state index is 12.1. The minimum absolute atomic E-state index is 0.0758. The van der Waals surface area contributed by atoms with Crippen molar-refractivity contribution >= 4 is 27.5 Å². The Morgan fingerprint density at radius 1 is 1.53 bits per heavy atom. The number of ether oxygens (including phenoxy) is 1. The number of methoxy groups -OCH3 is 1. The molecule has 1 aromatic carbocycles. The quantitative estimate of drug-likeness (QED) is 0.925. The Labute approximate surface area is 109 Å². The molecule has 1 saturated heterocycles. The molecule has 1 heterocycles. The smallest absolute Gasteiger partial charge is 0.244 e. The normalized spacial score (nSPS) is 19.8. The van der Waals surface area contributed by atoms with Gasteiger partial charge in [-0.1, -0.05) is 0 Å². The Kier molecular flexibility index (Phi) is 3.69. The number of rotatable bonds is 3. The molecule has 17 heavy (non-hydrogen) atoms. The molecule has 0 bridgehead atoms. The van der Waals surface area contributed by atoms with Crippen LogP contribution in [-0.2, 0) is 4.79 Å². The average Bonchev–Trinajstić information content (AvgIpc) is 2.71. The van der Waals surface area contributed by atoms with Crippen molar-refractivity contribution in [2.75, 3.05) is 25.6 Å². The Balaban J connectivity index is 2.31. The van der Waals surface area contributed by atoms with Gasteiger partial charge in [-0.25, -0.2) is 0 Å². The molecule has 0 aliphatic carbocycles. The Morgan fingerprint density at radius 2 is 2.29 bits per heavy atom. The van der Waals surface area contributed by atoms with Crippen LogP contribution in [0.3, 0.4) is 0 Å². The molecule has 92 valence electrons. The van der Waals surface area contributed by atoms with Crippen LogP contribution in [0.1, 0.15) is 6.42 Å². The lowest BCUT2D eigenvalue weighted by molar-refractivity contribution is -0.118. The zero-order valence-corrected chi connectivity index (χ0v) is 11.5. The monoisotopic (exact) mass is 298 g/mol. The number of anilines is 1. The molecule has 5 heteroatoms. The number of amides is 1. The first-order chi connectivity index (χ1) is 8.17. The van der Waals surface area contributed by atoms with E-state index in [1.807, 2.05) is 25.2 Å². The van der Waals surface area contributed by atoms with Gasteiger partial charge in [0.25, 0.3) is 0 Å². The van der Waals surface area contributed by atoms with Crippen LogP contribution in [0, 0.1) is 0 Å². The third kappa shape index (κ3) is 2.30. The minimum atomic E-state index is -0.0758. The molecule has 1 N–H and O–H groups in total. The van der Waals surface area contributed by atoms with Crippen molar-refractivity contribution in [3.05, 3.63) is 22.7 Å². The lowest BCUT2D eigenvalue weighted by Crippen LogP contribution is -2.36.